The van der Waals surface area contributed by atoms with Gasteiger partial charge in [-0.3, -0.25) is 0 Å². The summed E-state index contributed by atoms with van der Waals surface area (Å²) in [7, 11) is 0. The summed E-state index contributed by atoms with van der Waals surface area (Å²) in [4.78, 5) is 11.5. The Hall–Kier alpha value is -2.31. The lowest BCUT2D eigenvalue weighted by Crippen LogP contribution is -2.11. The number of rotatable bonds is 4. The van der Waals surface area contributed by atoms with E-state index < -0.39 is 0 Å². The van der Waals surface area contributed by atoms with Crippen molar-refractivity contribution in [2.24, 2.45) is 0 Å². The van der Waals surface area contributed by atoms with Crippen molar-refractivity contribution in [3.63, 3.8) is 0 Å². The molecule has 0 aliphatic heterocycles. The van der Waals surface area contributed by atoms with Crippen molar-refractivity contribution >= 4 is 17.8 Å². The van der Waals surface area contributed by atoms with Gasteiger partial charge in [-0.05, 0) is 18.1 Å². The van der Waals surface area contributed by atoms with Crippen molar-refractivity contribution in [1.82, 2.24) is 15.0 Å². The van der Waals surface area contributed by atoms with Gasteiger partial charge in [0, 0.05) is 6.54 Å². The van der Waals surface area contributed by atoms with Crippen molar-refractivity contribution in [3.05, 3.63) is 24.2 Å². The van der Waals surface area contributed by atoms with Crippen molar-refractivity contribution in [1.29, 1.82) is 0 Å². The third-order valence-corrected chi connectivity index (χ3v) is 1.95. The van der Waals surface area contributed by atoms with Crippen molar-refractivity contribution in [2.45, 2.75) is 6.42 Å². The Kier molecular flexibility index (Phi) is 2.86. The number of nitrogen functional groups attached to an aromatic ring is 2. The van der Waals surface area contributed by atoms with Gasteiger partial charge in [-0.15, -0.1) is 0 Å². The Morgan fingerprint density at radius 3 is 2.56 bits per heavy atom. The van der Waals surface area contributed by atoms with E-state index in [0.717, 1.165) is 12.0 Å². The number of anilines is 3. The molecule has 5 N–H and O–H groups in total. The van der Waals surface area contributed by atoms with E-state index in [0.29, 0.717) is 12.5 Å². The molecule has 7 heteroatoms. The van der Waals surface area contributed by atoms with Gasteiger partial charge in [-0.25, -0.2) is 0 Å². The van der Waals surface area contributed by atoms with Crippen molar-refractivity contribution in [3.8, 4) is 0 Å². The second-order valence-corrected chi connectivity index (χ2v) is 3.18. The van der Waals surface area contributed by atoms with E-state index in [2.05, 4.69) is 20.3 Å². The fourth-order valence-electron chi connectivity index (χ4n) is 1.24. The number of furan rings is 1. The van der Waals surface area contributed by atoms with Gasteiger partial charge < -0.3 is 21.2 Å². The highest BCUT2D eigenvalue weighted by atomic mass is 16.3. The Bertz CT molecular complexity index is 435. The number of nitrogens with one attached hydrogen (secondary N) is 1. The lowest BCUT2D eigenvalue weighted by Gasteiger charge is -2.04. The maximum absolute atomic E-state index is 5.43. The number of nitrogens with two attached hydrogens (primary N) is 2. The molecule has 0 saturated heterocycles. The first-order valence-electron chi connectivity index (χ1n) is 4.76. The summed E-state index contributed by atoms with van der Waals surface area (Å²) in [6, 6.07) is 1.90. The molecule has 0 unspecified atom stereocenters. The van der Waals surface area contributed by atoms with Gasteiger partial charge in [0.15, 0.2) is 0 Å². The van der Waals surface area contributed by atoms with Crippen LogP contribution in [-0.4, -0.2) is 21.5 Å². The molecule has 2 heterocycles. The predicted octanol–water partition coefficient (Wildman–Crippen LogP) is 0.284. The number of hydrogen-bond acceptors (Lipinski definition) is 7. The van der Waals surface area contributed by atoms with Crippen LogP contribution >= 0.6 is 0 Å². The average Bonchev–Trinajstić information content (AvgIpc) is 2.69. The Morgan fingerprint density at radius 2 is 1.94 bits per heavy atom. The number of nitrogens with zero attached hydrogens (tertiary/aromatic N) is 3. The van der Waals surface area contributed by atoms with Crippen LogP contribution in [0.4, 0.5) is 17.8 Å². The van der Waals surface area contributed by atoms with Gasteiger partial charge in [0.2, 0.25) is 17.8 Å². The minimum atomic E-state index is 0.110. The van der Waals surface area contributed by atoms with E-state index in [1.165, 1.54) is 0 Å². The first kappa shape index (κ1) is 10.2. The lowest BCUT2D eigenvalue weighted by atomic mass is 10.2. The molecule has 16 heavy (non-hydrogen) atoms. The molecule has 7 nitrogen and oxygen atoms in total. The largest absolute Gasteiger partial charge is 0.472 e. The molecule has 0 aromatic carbocycles. The normalized spacial score (nSPS) is 10.2. The summed E-state index contributed by atoms with van der Waals surface area (Å²) in [5.41, 5.74) is 12.0. The van der Waals surface area contributed by atoms with E-state index in [9.17, 15) is 0 Å². The molecule has 84 valence electrons. The molecule has 0 atom stereocenters. The zero-order valence-electron chi connectivity index (χ0n) is 8.55. The van der Waals surface area contributed by atoms with Crippen LogP contribution in [0.2, 0.25) is 0 Å². The summed E-state index contributed by atoms with van der Waals surface area (Å²) in [5, 5.41) is 3.00. The molecule has 0 radical (unpaired) electrons. The molecule has 2 rings (SSSR count). The zero-order valence-corrected chi connectivity index (χ0v) is 8.55. The van der Waals surface area contributed by atoms with Gasteiger partial charge >= 0.3 is 0 Å². The molecular formula is C9H12N6O. The van der Waals surface area contributed by atoms with E-state index >= 15 is 0 Å². The monoisotopic (exact) mass is 220 g/mol. The second kappa shape index (κ2) is 4.47. The smallest absolute Gasteiger partial charge is 0.229 e. The number of hydrogen-bond donors (Lipinski definition) is 3. The molecule has 0 aliphatic rings. The summed E-state index contributed by atoms with van der Waals surface area (Å²) in [6.07, 6.45) is 4.13. The summed E-state index contributed by atoms with van der Waals surface area (Å²) >= 11 is 0. The van der Waals surface area contributed by atoms with Crippen LogP contribution in [0.5, 0.6) is 0 Å². The minimum Gasteiger partial charge on any atom is -0.472 e. The maximum Gasteiger partial charge on any atom is 0.229 e. The molecule has 2 aromatic heterocycles. The Balaban J connectivity index is 1.89. The van der Waals surface area contributed by atoms with Gasteiger partial charge in [0.25, 0.3) is 0 Å². The molecule has 0 bridgehead atoms. The molecular weight excluding hydrogens is 208 g/mol. The minimum absolute atomic E-state index is 0.110. The highest BCUT2D eigenvalue weighted by Crippen LogP contribution is 2.05. The van der Waals surface area contributed by atoms with E-state index in [-0.39, 0.29) is 11.9 Å². The molecule has 0 spiro atoms. The standard InChI is InChI=1S/C9H12N6O/c10-7-13-8(11)15-9(14-7)12-3-1-6-2-4-16-5-6/h2,4-5H,1,3H2,(H5,10,11,12,13,14,15). The summed E-state index contributed by atoms with van der Waals surface area (Å²) < 4.78 is 4.95. The van der Waals surface area contributed by atoms with Gasteiger partial charge in [-0.1, -0.05) is 0 Å². The van der Waals surface area contributed by atoms with Crippen LogP contribution in [0.15, 0.2) is 23.0 Å². The Labute approximate surface area is 91.9 Å². The third-order valence-electron chi connectivity index (χ3n) is 1.95. The predicted molar refractivity (Wildman–Crippen MR) is 59.6 cm³/mol. The second-order valence-electron chi connectivity index (χ2n) is 3.18. The Morgan fingerprint density at radius 1 is 1.19 bits per heavy atom. The van der Waals surface area contributed by atoms with Gasteiger partial charge in [0.05, 0.1) is 12.5 Å². The lowest BCUT2D eigenvalue weighted by molar-refractivity contribution is 0.564. The first-order chi connectivity index (χ1) is 7.74. The molecule has 0 amide bonds. The third kappa shape index (κ3) is 2.59. The van der Waals surface area contributed by atoms with Crippen LogP contribution < -0.4 is 16.8 Å². The zero-order chi connectivity index (χ0) is 11.4. The summed E-state index contributed by atoms with van der Waals surface area (Å²) in [6.45, 7) is 0.669. The highest BCUT2D eigenvalue weighted by molar-refractivity contribution is 5.37. The van der Waals surface area contributed by atoms with E-state index in [4.69, 9.17) is 15.9 Å². The van der Waals surface area contributed by atoms with E-state index in [1.807, 2.05) is 6.07 Å². The average molecular weight is 220 g/mol. The quantitative estimate of drug-likeness (QED) is 0.677. The molecule has 0 fully saturated rings. The first-order valence-corrected chi connectivity index (χ1v) is 4.76. The maximum atomic E-state index is 5.43. The van der Waals surface area contributed by atoms with Crippen LogP contribution in [-0.2, 0) is 6.42 Å². The molecule has 2 aromatic rings. The summed E-state index contributed by atoms with van der Waals surface area (Å²) in [5.74, 6) is 0.602. The van der Waals surface area contributed by atoms with E-state index in [1.54, 1.807) is 12.5 Å². The number of aromatic nitrogens is 3. The SMILES string of the molecule is Nc1nc(N)nc(NCCc2ccoc2)n1. The van der Waals surface area contributed by atoms with Gasteiger partial charge in [-0.2, -0.15) is 15.0 Å². The highest BCUT2D eigenvalue weighted by Gasteiger charge is 2.01. The van der Waals surface area contributed by atoms with Crippen LogP contribution in [0.25, 0.3) is 0 Å². The fraction of sp³-hybridized carbons (Fsp3) is 0.222. The van der Waals surface area contributed by atoms with Crippen molar-refractivity contribution < 1.29 is 4.42 Å². The molecule has 0 saturated carbocycles. The molecule has 0 aliphatic carbocycles. The van der Waals surface area contributed by atoms with Crippen LogP contribution in [0, 0.1) is 0 Å². The van der Waals surface area contributed by atoms with Crippen molar-refractivity contribution in [2.75, 3.05) is 23.3 Å². The fourth-order valence-corrected chi connectivity index (χ4v) is 1.24. The van der Waals surface area contributed by atoms with Crippen LogP contribution in [0.1, 0.15) is 5.56 Å². The van der Waals surface area contributed by atoms with Gasteiger partial charge in [0.1, 0.15) is 0 Å². The van der Waals surface area contributed by atoms with Crippen LogP contribution in [0.3, 0.4) is 0 Å². The topological polar surface area (TPSA) is 116 Å².